The van der Waals surface area contributed by atoms with Gasteiger partial charge in [0, 0.05) is 5.56 Å². The molecule has 27 heavy (non-hydrogen) atoms. The molecule has 0 aliphatic carbocycles. The van der Waals surface area contributed by atoms with Gasteiger partial charge in [-0.05, 0) is 49.7 Å². The number of hydrogen-bond acceptors (Lipinski definition) is 4. The van der Waals surface area contributed by atoms with Crippen molar-refractivity contribution in [1.82, 2.24) is 4.98 Å². The Morgan fingerprint density at radius 1 is 1.19 bits per heavy atom. The molecule has 0 aliphatic heterocycles. The van der Waals surface area contributed by atoms with Crippen molar-refractivity contribution in [3.63, 3.8) is 0 Å². The Bertz CT molecular complexity index is 1080. The van der Waals surface area contributed by atoms with E-state index >= 15 is 0 Å². The molecule has 2 heterocycles. The first kappa shape index (κ1) is 17.8. The van der Waals surface area contributed by atoms with Crippen molar-refractivity contribution in [2.24, 2.45) is 0 Å². The average molecular weight is 397 g/mol. The molecule has 0 saturated heterocycles. The number of carbonyl (C=O) groups excluding carboxylic acids is 1. The van der Waals surface area contributed by atoms with Crippen LogP contribution in [0.4, 0.5) is 5.13 Å². The van der Waals surface area contributed by atoms with Crippen LogP contribution in [0.2, 0.25) is 5.02 Å². The number of halogens is 1. The Morgan fingerprint density at radius 2 is 2.04 bits per heavy atom. The van der Waals surface area contributed by atoms with E-state index in [-0.39, 0.29) is 5.91 Å². The number of anilines is 1. The predicted octanol–water partition coefficient (Wildman–Crippen LogP) is 6.01. The van der Waals surface area contributed by atoms with E-state index in [1.165, 1.54) is 11.3 Å². The zero-order valence-electron chi connectivity index (χ0n) is 14.9. The highest BCUT2D eigenvalue weighted by molar-refractivity contribution is 7.23. The lowest BCUT2D eigenvalue weighted by Crippen LogP contribution is -2.30. The number of carbonyl (C=O) groups is 1. The molecule has 0 bridgehead atoms. The molecule has 0 radical (unpaired) electrons. The van der Waals surface area contributed by atoms with E-state index in [0.29, 0.717) is 28.0 Å². The summed E-state index contributed by atoms with van der Waals surface area (Å²) in [5.41, 5.74) is 3.49. The van der Waals surface area contributed by atoms with Crippen LogP contribution in [0.25, 0.3) is 10.2 Å². The Balaban J connectivity index is 1.82. The number of hydrogen-bond donors (Lipinski definition) is 0. The van der Waals surface area contributed by atoms with Gasteiger partial charge in [0.2, 0.25) is 0 Å². The first-order valence-corrected chi connectivity index (χ1v) is 9.69. The highest BCUT2D eigenvalue weighted by atomic mass is 35.5. The molecule has 0 unspecified atom stereocenters. The molecule has 4 aromatic rings. The Hall–Kier alpha value is -2.63. The highest BCUT2D eigenvalue weighted by Crippen LogP contribution is 2.36. The van der Waals surface area contributed by atoms with Crippen molar-refractivity contribution in [1.29, 1.82) is 0 Å². The smallest absolute Gasteiger partial charge is 0.260 e. The Morgan fingerprint density at radius 3 is 2.74 bits per heavy atom. The Kier molecular flexibility index (Phi) is 4.72. The maximum Gasteiger partial charge on any atom is 0.260 e. The molecular weight excluding hydrogens is 380 g/mol. The first-order valence-electron chi connectivity index (χ1n) is 8.49. The molecule has 4 nitrogen and oxygen atoms in total. The lowest BCUT2D eigenvalue weighted by atomic mass is 10.1. The molecule has 0 fully saturated rings. The maximum atomic E-state index is 13.3. The van der Waals surface area contributed by atoms with E-state index in [4.69, 9.17) is 21.0 Å². The molecule has 0 aliphatic rings. The number of furan rings is 1. The van der Waals surface area contributed by atoms with Gasteiger partial charge in [-0.3, -0.25) is 9.69 Å². The average Bonchev–Trinajstić information content (AvgIpc) is 3.32. The van der Waals surface area contributed by atoms with Gasteiger partial charge in [0.1, 0.15) is 5.76 Å². The van der Waals surface area contributed by atoms with Gasteiger partial charge >= 0.3 is 0 Å². The number of fused-ring (bicyclic) bond motifs is 1. The van der Waals surface area contributed by atoms with Crippen LogP contribution >= 0.6 is 22.9 Å². The number of nitrogens with zero attached hydrogens (tertiary/aromatic N) is 2. The van der Waals surface area contributed by atoms with Crippen molar-refractivity contribution in [3.05, 3.63) is 82.3 Å². The quantitative estimate of drug-likeness (QED) is 0.424. The molecule has 2 aromatic heterocycles. The molecule has 0 spiro atoms. The molecule has 136 valence electrons. The third-order valence-electron chi connectivity index (χ3n) is 4.32. The summed E-state index contributed by atoms with van der Waals surface area (Å²) in [6, 6.07) is 15.0. The predicted molar refractivity (Wildman–Crippen MR) is 110 cm³/mol. The van der Waals surface area contributed by atoms with E-state index in [1.807, 2.05) is 62.4 Å². The third kappa shape index (κ3) is 3.48. The zero-order valence-corrected chi connectivity index (χ0v) is 16.5. The van der Waals surface area contributed by atoms with Crippen LogP contribution in [0.5, 0.6) is 0 Å². The number of thiazole rings is 1. The molecule has 1 amide bonds. The first-order chi connectivity index (χ1) is 13.0. The van der Waals surface area contributed by atoms with E-state index in [0.717, 1.165) is 21.3 Å². The minimum atomic E-state index is -0.122. The summed E-state index contributed by atoms with van der Waals surface area (Å²) in [6.07, 6.45) is 1.60. The number of benzene rings is 2. The van der Waals surface area contributed by atoms with Crippen LogP contribution in [0, 0.1) is 13.8 Å². The lowest BCUT2D eigenvalue weighted by molar-refractivity contribution is 0.0983. The van der Waals surface area contributed by atoms with Gasteiger partial charge in [-0.25, -0.2) is 4.98 Å². The van der Waals surface area contributed by atoms with Gasteiger partial charge in [0.25, 0.3) is 5.91 Å². The normalized spacial score (nSPS) is 11.1. The van der Waals surface area contributed by atoms with Crippen molar-refractivity contribution in [2.75, 3.05) is 4.90 Å². The van der Waals surface area contributed by atoms with Gasteiger partial charge in [-0.1, -0.05) is 46.7 Å². The minimum absolute atomic E-state index is 0.122. The van der Waals surface area contributed by atoms with Crippen LogP contribution < -0.4 is 4.90 Å². The SMILES string of the molecule is Cc1cccc(C(=O)N(Cc2ccco2)c2nc3c(C)ccc(Cl)c3s2)c1. The summed E-state index contributed by atoms with van der Waals surface area (Å²) in [4.78, 5) is 19.7. The molecule has 0 N–H and O–H groups in total. The molecule has 6 heteroatoms. The summed E-state index contributed by atoms with van der Waals surface area (Å²) >= 11 is 7.77. The molecule has 0 atom stereocenters. The summed E-state index contributed by atoms with van der Waals surface area (Å²) in [5.74, 6) is 0.570. The van der Waals surface area contributed by atoms with Gasteiger partial charge < -0.3 is 4.42 Å². The molecular formula is C21H17ClN2O2S. The van der Waals surface area contributed by atoms with E-state index < -0.39 is 0 Å². The molecule has 4 rings (SSSR count). The van der Waals surface area contributed by atoms with E-state index in [9.17, 15) is 4.79 Å². The Labute approximate surface area is 166 Å². The number of aryl methyl sites for hydroxylation is 2. The molecule has 0 saturated carbocycles. The number of amides is 1. The summed E-state index contributed by atoms with van der Waals surface area (Å²) in [7, 11) is 0. The van der Waals surface area contributed by atoms with Gasteiger partial charge in [-0.15, -0.1) is 0 Å². The number of aromatic nitrogens is 1. The van der Waals surface area contributed by atoms with Gasteiger partial charge in [0.15, 0.2) is 5.13 Å². The second kappa shape index (κ2) is 7.18. The van der Waals surface area contributed by atoms with E-state index in [1.54, 1.807) is 11.2 Å². The summed E-state index contributed by atoms with van der Waals surface area (Å²) < 4.78 is 6.36. The van der Waals surface area contributed by atoms with E-state index in [2.05, 4.69) is 0 Å². The van der Waals surface area contributed by atoms with Crippen LogP contribution in [0.3, 0.4) is 0 Å². The fourth-order valence-electron chi connectivity index (χ4n) is 2.92. The van der Waals surface area contributed by atoms with Gasteiger partial charge in [0.05, 0.1) is 28.0 Å². The van der Waals surface area contributed by atoms with Crippen LogP contribution in [0.1, 0.15) is 27.2 Å². The largest absolute Gasteiger partial charge is 0.467 e. The van der Waals surface area contributed by atoms with Crippen molar-refractivity contribution in [3.8, 4) is 0 Å². The fourth-order valence-corrected chi connectivity index (χ4v) is 4.24. The standard InChI is InChI=1S/C21H17ClN2O2S/c1-13-5-3-6-15(11-13)20(25)24(12-16-7-4-10-26-16)21-23-18-14(2)8-9-17(22)19(18)27-21/h3-11H,12H2,1-2H3. The maximum absolute atomic E-state index is 13.3. The van der Waals surface area contributed by atoms with Crippen LogP contribution in [0.15, 0.2) is 59.2 Å². The van der Waals surface area contributed by atoms with Crippen LogP contribution in [-0.4, -0.2) is 10.9 Å². The summed E-state index contributed by atoms with van der Waals surface area (Å²) in [5, 5.41) is 1.24. The highest BCUT2D eigenvalue weighted by Gasteiger charge is 2.23. The van der Waals surface area contributed by atoms with Crippen molar-refractivity contribution in [2.45, 2.75) is 20.4 Å². The third-order valence-corrected chi connectivity index (χ3v) is 5.86. The van der Waals surface area contributed by atoms with Gasteiger partial charge in [-0.2, -0.15) is 0 Å². The molecule has 2 aromatic carbocycles. The minimum Gasteiger partial charge on any atom is -0.467 e. The monoisotopic (exact) mass is 396 g/mol. The summed E-state index contributed by atoms with van der Waals surface area (Å²) in [6.45, 7) is 4.26. The number of rotatable bonds is 4. The topological polar surface area (TPSA) is 46.3 Å². The lowest BCUT2D eigenvalue weighted by Gasteiger charge is -2.19. The van der Waals surface area contributed by atoms with Crippen LogP contribution in [-0.2, 0) is 6.54 Å². The second-order valence-electron chi connectivity index (χ2n) is 6.38. The fraction of sp³-hybridized carbons (Fsp3) is 0.143. The zero-order chi connectivity index (χ0) is 19.0. The van der Waals surface area contributed by atoms with Crippen molar-refractivity contribution < 1.29 is 9.21 Å². The van der Waals surface area contributed by atoms with Crippen molar-refractivity contribution >= 4 is 44.2 Å². The second-order valence-corrected chi connectivity index (χ2v) is 7.76.